The summed E-state index contributed by atoms with van der Waals surface area (Å²) in [6.07, 6.45) is 6.77. The maximum absolute atomic E-state index is 12.1. The van der Waals surface area contributed by atoms with Crippen molar-refractivity contribution >= 4 is 50.5 Å². The molecule has 18 nitrogen and oxygen atoms in total. The zero-order valence-electron chi connectivity index (χ0n) is 30.3. The van der Waals surface area contributed by atoms with Crippen molar-refractivity contribution < 1.29 is 90.9 Å². The molecular formula is C34H43N5NaO13P. The number of phosphoric acid groups is 1. The van der Waals surface area contributed by atoms with Crippen molar-refractivity contribution in [3.63, 3.8) is 0 Å². The van der Waals surface area contributed by atoms with Crippen molar-refractivity contribution in [3.05, 3.63) is 71.8 Å². The Morgan fingerprint density at radius 1 is 0.926 bits per heavy atom. The minimum Gasteiger partial charge on any atom is -0.756 e. The monoisotopic (exact) mass is 783 g/mol. The zero-order valence-corrected chi connectivity index (χ0v) is 33.2. The third-order valence-corrected chi connectivity index (χ3v) is 8.02. The molecule has 0 spiro atoms. The summed E-state index contributed by atoms with van der Waals surface area (Å²) in [4.78, 5) is 62.8. The predicted molar refractivity (Wildman–Crippen MR) is 185 cm³/mol. The Morgan fingerprint density at radius 2 is 1.69 bits per heavy atom. The average molecular weight is 784 g/mol. The first-order valence-electron chi connectivity index (χ1n) is 16.6. The smallest absolute Gasteiger partial charge is 0.756 e. The maximum Gasteiger partial charge on any atom is 1.00 e. The van der Waals surface area contributed by atoms with Crippen LogP contribution >= 0.6 is 7.82 Å². The first-order chi connectivity index (χ1) is 25.7. The van der Waals surface area contributed by atoms with Crippen LogP contribution in [0.5, 0.6) is 0 Å². The van der Waals surface area contributed by atoms with Gasteiger partial charge < -0.3 is 42.5 Å². The summed E-state index contributed by atoms with van der Waals surface area (Å²) in [6, 6.07) is 14.0. The van der Waals surface area contributed by atoms with E-state index in [1.807, 2.05) is 49.5 Å². The molecular weight excluding hydrogens is 740 g/mol. The van der Waals surface area contributed by atoms with E-state index in [0.29, 0.717) is 25.2 Å². The van der Waals surface area contributed by atoms with Crippen LogP contribution in [-0.4, -0.2) is 104 Å². The van der Waals surface area contributed by atoms with Crippen molar-refractivity contribution in [1.82, 2.24) is 20.0 Å². The molecule has 2 heterocycles. The molecule has 0 aliphatic rings. The molecule has 3 aromatic rings. The SMILES string of the molecule is CN(CCn1cc(COC(=O)CCCOCCOC(=O)CCCOP(=O)([O-])OCC(COC=O)OC=O)nn1)c1ccc(/C=C/c2ccccn2)cc1.[Na+]. The van der Waals surface area contributed by atoms with Crippen molar-refractivity contribution in [1.29, 1.82) is 0 Å². The minimum atomic E-state index is -4.75. The van der Waals surface area contributed by atoms with E-state index in [4.69, 9.17) is 14.2 Å². The second-order valence-corrected chi connectivity index (χ2v) is 12.5. The molecule has 2 unspecified atom stereocenters. The molecule has 0 saturated heterocycles. The quantitative estimate of drug-likeness (QED) is 0.0223. The van der Waals surface area contributed by atoms with Crippen molar-refractivity contribution in [2.75, 3.05) is 58.1 Å². The molecule has 0 bridgehead atoms. The topological polar surface area (TPSA) is 220 Å². The van der Waals surface area contributed by atoms with E-state index in [9.17, 15) is 28.6 Å². The van der Waals surface area contributed by atoms with Crippen molar-refractivity contribution in [3.8, 4) is 0 Å². The number of anilines is 1. The van der Waals surface area contributed by atoms with Gasteiger partial charge in [-0.25, -0.2) is 0 Å². The number of benzene rings is 1. The van der Waals surface area contributed by atoms with Gasteiger partial charge in [-0.05, 0) is 48.7 Å². The number of carbonyl (C=O) groups excluding carboxylic acids is 4. The largest absolute Gasteiger partial charge is 1.00 e. The zero-order chi connectivity index (χ0) is 38.2. The summed E-state index contributed by atoms with van der Waals surface area (Å²) < 4.78 is 47.3. The number of esters is 2. The summed E-state index contributed by atoms with van der Waals surface area (Å²) in [5, 5.41) is 8.19. The summed E-state index contributed by atoms with van der Waals surface area (Å²) in [5.74, 6) is -1.00. The number of ether oxygens (including phenoxy) is 5. The molecule has 0 amide bonds. The summed E-state index contributed by atoms with van der Waals surface area (Å²) >= 11 is 0. The van der Waals surface area contributed by atoms with E-state index in [2.05, 4.69) is 50.8 Å². The molecule has 0 saturated carbocycles. The van der Waals surface area contributed by atoms with Gasteiger partial charge in [-0.2, -0.15) is 0 Å². The molecule has 1 aromatic carbocycles. The average Bonchev–Trinajstić information content (AvgIpc) is 3.63. The van der Waals surface area contributed by atoms with Gasteiger partial charge in [0.15, 0.2) is 6.10 Å². The van der Waals surface area contributed by atoms with Crippen molar-refractivity contribution in [2.24, 2.45) is 0 Å². The molecule has 0 radical (unpaired) electrons. The van der Waals surface area contributed by atoms with E-state index < -0.39 is 39.1 Å². The molecule has 2 aromatic heterocycles. The van der Waals surface area contributed by atoms with E-state index in [-0.39, 0.29) is 94.8 Å². The second-order valence-electron chi connectivity index (χ2n) is 11.1. The molecule has 0 fully saturated rings. The molecule has 54 heavy (non-hydrogen) atoms. The Kier molecular flexibility index (Phi) is 22.8. The Hall–Kier alpha value is -4.00. The number of carbonyl (C=O) groups is 4. The Morgan fingerprint density at radius 3 is 2.41 bits per heavy atom. The third kappa shape index (κ3) is 19.9. The third-order valence-electron chi connectivity index (χ3n) is 7.05. The first-order valence-corrected chi connectivity index (χ1v) is 18.1. The van der Waals surface area contributed by atoms with Crippen molar-refractivity contribution in [2.45, 2.75) is 44.9 Å². The molecule has 0 aliphatic heterocycles. The fraction of sp³-hybridized carbons (Fsp3) is 0.441. The standard InChI is InChI=1S/C34H44N5O13P.Na/c1-38(31-13-10-28(11-14-31)9-12-29-6-2-3-15-35-29)16-17-39-22-30(36-37-39)23-49-34(43)7-4-18-46-20-21-48-33(42)8-5-19-51-53(44,45)52-25-32(50-27-41)24-47-26-40;/h2-3,6,9-15,22,26-27,32H,4-5,7-8,16-21,23-25H2,1H3,(H,44,45);/q;+1/p-1/b12-9+;. The number of aromatic nitrogens is 4. The number of likely N-dealkylation sites (N-methyl/N-ethyl adjacent to an activating group) is 1. The van der Waals surface area contributed by atoms with Crippen LogP contribution in [0.15, 0.2) is 54.9 Å². The van der Waals surface area contributed by atoms with Crippen LogP contribution in [0.1, 0.15) is 42.6 Å². The first kappa shape index (κ1) is 46.2. The molecule has 2 atom stereocenters. The van der Waals surface area contributed by atoms with E-state index in [0.717, 1.165) is 16.9 Å². The van der Waals surface area contributed by atoms with Crippen LogP contribution in [0.25, 0.3) is 12.2 Å². The second kappa shape index (κ2) is 26.7. The summed E-state index contributed by atoms with van der Waals surface area (Å²) in [6.45, 7) is 0.369. The van der Waals surface area contributed by atoms with E-state index in [1.165, 1.54) is 0 Å². The molecule has 0 aliphatic carbocycles. The Bertz CT molecular complexity index is 1610. The van der Waals surface area contributed by atoms with Crippen LogP contribution in [0.4, 0.5) is 5.69 Å². The maximum atomic E-state index is 12.1. The Balaban J connectivity index is 0.0000101. The van der Waals surface area contributed by atoms with Gasteiger partial charge in [-0.15, -0.1) is 5.10 Å². The number of pyridine rings is 1. The number of rotatable bonds is 28. The van der Waals surface area contributed by atoms with Gasteiger partial charge in [0.1, 0.15) is 25.5 Å². The van der Waals surface area contributed by atoms with E-state index in [1.54, 1.807) is 17.1 Å². The van der Waals surface area contributed by atoms with Gasteiger partial charge in [0.05, 0.1) is 38.3 Å². The Labute approximate surface area is 334 Å². The van der Waals surface area contributed by atoms with Gasteiger partial charge in [-0.3, -0.25) is 33.4 Å². The number of nitrogens with zero attached hydrogens (tertiary/aromatic N) is 5. The summed E-state index contributed by atoms with van der Waals surface area (Å²) in [7, 11) is -2.76. The van der Waals surface area contributed by atoms with Gasteiger partial charge in [-0.1, -0.05) is 29.5 Å². The van der Waals surface area contributed by atoms with Gasteiger partial charge >= 0.3 is 41.5 Å². The minimum absolute atomic E-state index is 0. The molecule has 3 rings (SSSR count). The predicted octanol–water partition coefficient (Wildman–Crippen LogP) is -0.636. The normalized spacial score (nSPS) is 12.6. The van der Waals surface area contributed by atoms with Crippen LogP contribution in [0.3, 0.4) is 0 Å². The van der Waals surface area contributed by atoms with Crippen LogP contribution < -0.4 is 39.4 Å². The van der Waals surface area contributed by atoms with Crippen LogP contribution in [-0.2, 0) is 69.6 Å². The van der Waals surface area contributed by atoms with Gasteiger partial charge in [0, 0.05) is 44.9 Å². The fourth-order valence-corrected chi connectivity index (χ4v) is 5.06. The van der Waals surface area contributed by atoms with Gasteiger partial charge in [0.2, 0.25) is 0 Å². The number of phosphoric ester groups is 1. The van der Waals surface area contributed by atoms with Crippen LogP contribution in [0.2, 0.25) is 0 Å². The summed E-state index contributed by atoms with van der Waals surface area (Å²) in [5.41, 5.74) is 3.55. The molecule has 0 N–H and O–H groups in total. The fourth-order valence-electron chi connectivity index (χ4n) is 4.28. The van der Waals surface area contributed by atoms with Crippen LogP contribution in [0, 0.1) is 0 Å². The molecule has 288 valence electrons. The van der Waals surface area contributed by atoms with Gasteiger partial charge in [0.25, 0.3) is 20.8 Å². The van der Waals surface area contributed by atoms with E-state index >= 15 is 0 Å². The number of hydrogen-bond donors (Lipinski definition) is 0. The number of hydrogen-bond acceptors (Lipinski definition) is 17. The molecule has 20 heteroatoms.